The Balaban J connectivity index is 1.62. The first-order chi connectivity index (χ1) is 8.09. The Morgan fingerprint density at radius 1 is 1.18 bits per heavy atom. The molecule has 0 aromatic rings. The van der Waals surface area contributed by atoms with Crippen LogP contribution in [-0.2, 0) is 14.6 Å². The Morgan fingerprint density at radius 3 is 2.53 bits per heavy atom. The molecule has 17 heavy (non-hydrogen) atoms. The quantitative estimate of drug-likeness (QED) is 0.686. The van der Waals surface area contributed by atoms with Crippen LogP contribution in [0.2, 0.25) is 0 Å². The molecule has 3 aliphatic rings. The van der Waals surface area contributed by atoms with Crippen molar-refractivity contribution in [1.29, 1.82) is 0 Å². The van der Waals surface area contributed by atoms with Crippen molar-refractivity contribution in [3.8, 4) is 0 Å². The van der Waals surface area contributed by atoms with Gasteiger partial charge in [-0.2, -0.15) is 0 Å². The number of fused-ring (bicyclic) bond motifs is 1. The van der Waals surface area contributed by atoms with E-state index in [2.05, 4.69) is 10.6 Å². The van der Waals surface area contributed by atoms with Crippen LogP contribution in [0.15, 0.2) is 0 Å². The van der Waals surface area contributed by atoms with Crippen molar-refractivity contribution in [1.82, 2.24) is 10.6 Å². The van der Waals surface area contributed by atoms with E-state index in [0.29, 0.717) is 24.7 Å². The summed E-state index contributed by atoms with van der Waals surface area (Å²) < 4.78 is 23.6. The number of carbonyl (C=O) groups excluding carboxylic acids is 1. The van der Waals surface area contributed by atoms with Gasteiger partial charge in [0.25, 0.3) is 0 Å². The molecule has 3 unspecified atom stereocenters. The topological polar surface area (TPSA) is 75.3 Å². The number of hydrogen-bond donors (Lipinski definition) is 2. The molecule has 0 aromatic carbocycles. The predicted octanol–water partition coefficient (Wildman–Crippen LogP) is -0.712. The van der Waals surface area contributed by atoms with Gasteiger partial charge in [0.05, 0.1) is 5.75 Å². The number of piperidine rings is 1. The highest BCUT2D eigenvalue weighted by Crippen LogP contribution is 2.41. The van der Waals surface area contributed by atoms with Crippen LogP contribution in [0.3, 0.4) is 0 Å². The zero-order chi connectivity index (χ0) is 12.0. The van der Waals surface area contributed by atoms with E-state index in [4.69, 9.17) is 0 Å². The molecule has 0 radical (unpaired) electrons. The average molecular weight is 258 g/mol. The first-order valence-electron chi connectivity index (χ1n) is 6.32. The van der Waals surface area contributed by atoms with Crippen LogP contribution in [0.4, 0.5) is 0 Å². The lowest BCUT2D eigenvalue weighted by Crippen LogP contribution is -2.45. The van der Waals surface area contributed by atoms with Gasteiger partial charge in [-0.3, -0.25) is 4.79 Å². The van der Waals surface area contributed by atoms with E-state index in [9.17, 15) is 13.2 Å². The fourth-order valence-electron chi connectivity index (χ4n) is 3.14. The lowest BCUT2D eigenvalue weighted by molar-refractivity contribution is -0.121. The number of nitrogens with one attached hydrogen (secondary N) is 2. The molecule has 2 saturated heterocycles. The largest absolute Gasteiger partial charge is 0.352 e. The third-order valence-corrected chi connectivity index (χ3v) is 6.45. The van der Waals surface area contributed by atoms with Gasteiger partial charge in [-0.25, -0.2) is 8.42 Å². The van der Waals surface area contributed by atoms with Crippen molar-refractivity contribution in [3.05, 3.63) is 0 Å². The van der Waals surface area contributed by atoms with Crippen LogP contribution < -0.4 is 10.6 Å². The van der Waals surface area contributed by atoms with E-state index in [0.717, 1.165) is 19.5 Å². The van der Waals surface area contributed by atoms with Crippen molar-refractivity contribution in [3.63, 3.8) is 0 Å². The number of carbonyl (C=O) groups is 1. The van der Waals surface area contributed by atoms with Crippen molar-refractivity contribution in [2.45, 2.75) is 30.6 Å². The van der Waals surface area contributed by atoms with E-state index in [1.54, 1.807) is 0 Å². The zero-order valence-corrected chi connectivity index (χ0v) is 10.5. The molecule has 5 nitrogen and oxygen atoms in total. The van der Waals surface area contributed by atoms with Crippen LogP contribution in [0.25, 0.3) is 0 Å². The first-order valence-corrected chi connectivity index (χ1v) is 8.04. The highest BCUT2D eigenvalue weighted by molar-refractivity contribution is 7.92. The maximum absolute atomic E-state index is 12.0. The van der Waals surface area contributed by atoms with E-state index in [1.807, 2.05) is 0 Å². The molecular weight excluding hydrogens is 240 g/mol. The summed E-state index contributed by atoms with van der Waals surface area (Å²) in [6.45, 7) is 1.90. The summed E-state index contributed by atoms with van der Waals surface area (Å²) in [5, 5.41) is 5.39. The molecule has 3 atom stereocenters. The Hall–Kier alpha value is -0.620. The zero-order valence-electron chi connectivity index (χ0n) is 9.69. The Morgan fingerprint density at radius 2 is 1.88 bits per heavy atom. The third-order valence-electron chi connectivity index (χ3n) is 4.27. The van der Waals surface area contributed by atoms with Crippen LogP contribution in [0, 0.1) is 11.8 Å². The maximum Gasteiger partial charge on any atom is 0.238 e. The summed E-state index contributed by atoms with van der Waals surface area (Å²) in [4.78, 5) is 12.0. The van der Waals surface area contributed by atoms with Gasteiger partial charge < -0.3 is 10.6 Å². The molecule has 1 amide bonds. The SMILES string of the molecule is O=C(NC1C2CNCC21)C1CCCCS1(=O)=O. The molecule has 0 aromatic heterocycles. The smallest absolute Gasteiger partial charge is 0.238 e. The molecule has 3 fully saturated rings. The van der Waals surface area contributed by atoms with E-state index < -0.39 is 15.1 Å². The molecule has 1 saturated carbocycles. The Kier molecular flexibility index (Phi) is 2.66. The summed E-state index contributed by atoms with van der Waals surface area (Å²) in [7, 11) is -3.19. The predicted molar refractivity (Wildman–Crippen MR) is 63.2 cm³/mol. The summed E-state index contributed by atoms with van der Waals surface area (Å²) in [6.07, 6.45) is 2.04. The van der Waals surface area contributed by atoms with Crippen LogP contribution in [0.5, 0.6) is 0 Å². The van der Waals surface area contributed by atoms with Gasteiger partial charge in [0.1, 0.15) is 5.25 Å². The highest BCUT2D eigenvalue weighted by atomic mass is 32.2. The maximum atomic E-state index is 12.0. The van der Waals surface area contributed by atoms with E-state index in [1.165, 1.54) is 0 Å². The minimum Gasteiger partial charge on any atom is -0.352 e. The Labute approximate surface area is 101 Å². The van der Waals surface area contributed by atoms with E-state index in [-0.39, 0.29) is 17.7 Å². The fraction of sp³-hybridized carbons (Fsp3) is 0.909. The molecule has 2 N–H and O–H groups in total. The number of sulfone groups is 1. The molecule has 0 spiro atoms. The van der Waals surface area contributed by atoms with Gasteiger partial charge in [-0.15, -0.1) is 0 Å². The normalized spacial score (nSPS) is 42.8. The summed E-state index contributed by atoms with van der Waals surface area (Å²) in [5.41, 5.74) is 0. The lowest BCUT2D eigenvalue weighted by Gasteiger charge is -2.21. The molecule has 3 rings (SSSR count). The van der Waals surface area contributed by atoms with Crippen molar-refractivity contribution in [2.75, 3.05) is 18.8 Å². The summed E-state index contributed by atoms with van der Waals surface area (Å²) >= 11 is 0. The molecule has 96 valence electrons. The number of amides is 1. The van der Waals surface area contributed by atoms with Crippen LogP contribution in [-0.4, -0.2) is 44.5 Å². The van der Waals surface area contributed by atoms with Crippen molar-refractivity contribution < 1.29 is 13.2 Å². The molecule has 2 aliphatic heterocycles. The molecule has 6 heteroatoms. The van der Waals surface area contributed by atoms with Crippen molar-refractivity contribution >= 4 is 15.7 Å². The second-order valence-corrected chi connectivity index (χ2v) is 7.67. The molecular formula is C11H18N2O3S. The number of hydrogen-bond acceptors (Lipinski definition) is 4. The van der Waals surface area contributed by atoms with Crippen molar-refractivity contribution in [2.24, 2.45) is 11.8 Å². The van der Waals surface area contributed by atoms with Gasteiger partial charge in [0.15, 0.2) is 9.84 Å². The first kappa shape index (κ1) is 11.5. The van der Waals surface area contributed by atoms with Gasteiger partial charge in [0, 0.05) is 19.1 Å². The molecule has 0 bridgehead atoms. The second-order valence-electron chi connectivity index (χ2n) is 5.37. The van der Waals surface area contributed by atoms with E-state index >= 15 is 0 Å². The Bertz CT molecular complexity index is 424. The highest BCUT2D eigenvalue weighted by Gasteiger charge is 2.54. The third kappa shape index (κ3) is 1.97. The average Bonchev–Trinajstić information content (AvgIpc) is 2.74. The minimum atomic E-state index is -3.19. The van der Waals surface area contributed by atoms with Crippen LogP contribution in [0.1, 0.15) is 19.3 Å². The number of rotatable bonds is 2. The standard InChI is InChI=1S/C11H18N2O3S/c14-11(9-3-1-2-4-17(9,15)16)13-10-7-5-12-6-8(7)10/h7-10,12H,1-6H2,(H,13,14). The second kappa shape index (κ2) is 3.95. The fourth-order valence-corrected chi connectivity index (χ4v) is 4.95. The minimum absolute atomic E-state index is 0.171. The van der Waals surface area contributed by atoms with Gasteiger partial charge in [0.2, 0.25) is 5.91 Å². The van der Waals surface area contributed by atoms with Gasteiger partial charge in [-0.1, -0.05) is 6.42 Å². The molecule has 2 heterocycles. The summed E-state index contributed by atoms with van der Waals surface area (Å²) in [5.74, 6) is 0.976. The van der Waals surface area contributed by atoms with Gasteiger partial charge >= 0.3 is 0 Å². The monoisotopic (exact) mass is 258 g/mol. The van der Waals surface area contributed by atoms with Crippen LogP contribution >= 0.6 is 0 Å². The lowest BCUT2D eigenvalue weighted by atomic mass is 10.2. The van der Waals surface area contributed by atoms with Gasteiger partial charge in [-0.05, 0) is 24.7 Å². The molecule has 1 aliphatic carbocycles. The summed E-state index contributed by atoms with van der Waals surface area (Å²) in [6, 6.07) is 0.223.